The predicted octanol–water partition coefficient (Wildman–Crippen LogP) is 5.55. The first-order valence-electron chi connectivity index (χ1n) is 14.3. The number of hydrogen-bond donors (Lipinski definition) is 1. The van der Waals surface area contributed by atoms with Crippen molar-refractivity contribution in [3.8, 4) is 5.75 Å². The summed E-state index contributed by atoms with van der Waals surface area (Å²) >= 11 is 6.20. The Labute approximate surface area is 255 Å². The van der Waals surface area contributed by atoms with Crippen LogP contribution < -0.4 is 15.0 Å². The molecular weight excluding hydrogens is 562 g/mol. The molecule has 2 saturated heterocycles. The first kappa shape index (κ1) is 27.4. The van der Waals surface area contributed by atoms with E-state index in [1.54, 1.807) is 36.3 Å². The van der Waals surface area contributed by atoms with Gasteiger partial charge in [-0.3, -0.25) is 19.3 Å². The van der Waals surface area contributed by atoms with E-state index >= 15 is 0 Å². The van der Waals surface area contributed by atoms with E-state index in [1.807, 2.05) is 85.9 Å². The number of carbonyl (C=O) groups excluding carboxylic acids is 3. The summed E-state index contributed by atoms with van der Waals surface area (Å²) in [5.74, 6) is -1.00. The average Bonchev–Trinajstić information content (AvgIpc) is 3.48. The monoisotopic (exact) mass is 591 g/mol. The number of likely N-dealkylation sites (N-methyl/N-ethyl adjacent to an activating group) is 1. The lowest BCUT2D eigenvalue weighted by Crippen LogP contribution is -2.68. The number of β-lactam (4-membered cyclic amide) rings is 1. The van der Waals surface area contributed by atoms with E-state index in [4.69, 9.17) is 16.3 Å². The number of carbonyl (C=O) groups is 3. The highest BCUT2D eigenvalue weighted by Gasteiger charge is 2.68. The van der Waals surface area contributed by atoms with Crippen molar-refractivity contribution in [1.82, 2.24) is 4.90 Å². The van der Waals surface area contributed by atoms with Gasteiger partial charge in [-0.25, -0.2) is 0 Å². The van der Waals surface area contributed by atoms with Crippen molar-refractivity contribution < 1.29 is 19.1 Å². The Hall–Kier alpha value is -4.46. The van der Waals surface area contributed by atoms with Crippen LogP contribution in [0.4, 0.5) is 11.4 Å². The van der Waals surface area contributed by atoms with Gasteiger partial charge in [-0.1, -0.05) is 60.1 Å². The lowest BCUT2D eigenvalue weighted by molar-refractivity contribution is -0.127. The number of ketones is 1. The fourth-order valence-corrected chi connectivity index (χ4v) is 7.60. The molecule has 0 bridgehead atoms. The summed E-state index contributed by atoms with van der Waals surface area (Å²) in [6.45, 7) is 0.327. The van der Waals surface area contributed by atoms with E-state index in [9.17, 15) is 14.4 Å². The third-order valence-corrected chi connectivity index (χ3v) is 9.61. The second kappa shape index (κ2) is 10.4. The zero-order valence-electron chi connectivity index (χ0n) is 23.7. The normalized spacial score (nSPS) is 26.3. The Morgan fingerprint density at radius 2 is 1.56 bits per heavy atom. The maximum absolute atomic E-state index is 14.8. The number of hydrogen-bond acceptors (Lipinski definition) is 5. The highest BCUT2D eigenvalue weighted by Crippen LogP contribution is 2.55. The van der Waals surface area contributed by atoms with E-state index < -0.39 is 29.3 Å². The van der Waals surface area contributed by atoms with Gasteiger partial charge in [-0.05, 0) is 72.8 Å². The number of nitrogens with one attached hydrogen (secondary N) is 1. The van der Waals surface area contributed by atoms with Gasteiger partial charge in [0, 0.05) is 34.5 Å². The summed E-state index contributed by atoms with van der Waals surface area (Å²) in [5.41, 5.74) is 2.45. The number of ether oxygens (including phenoxy) is 1. The van der Waals surface area contributed by atoms with Crippen LogP contribution in [0.2, 0.25) is 5.02 Å². The summed E-state index contributed by atoms with van der Waals surface area (Å²) in [6.07, 6.45) is 0. The number of para-hydroxylation sites is 1. The van der Waals surface area contributed by atoms with Crippen molar-refractivity contribution >= 4 is 40.6 Å². The maximum Gasteiger partial charge on any atom is 0.237 e. The van der Waals surface area contributed by atoms with Gasteiger partial charge in [0.2, 0.25) is 11.8 Å². The third kappa shape index (κ3) is 4.10. The van der Waals surface area contributed by atoms with E-state index in [0.717, 1.165) is 11.1 Å². The first-order valence-corrected chi connectivity index (χ1v) is 14.7. The Morgan fingerprint density at radius 3 is 2.26 bits per heavy atom. The van der Waals surface area contributed by atoms with Crippen molar-refractivity contribution in [3.05, 3.63) is 125 Å². The molecule has 4 aromatic carbocycles. The minimum atomic E-state index is -1.14. The summed E-state index contributed by atoms with van der Waals surface area (Å²) in [5, 5.41) is 3.59. The van der Waals surface area contributed by atoms with Gasteiger partial charge in [-0.2, -0.15) is 0 Å². The fraction of sp³-hybridized carbons (Fsp3) is 0.229. The highest BCUT2D eigenvalue weighted by atomic mass is 35.5. The van der Waals surface area contributed by atoms with Gasteiger partial charge in [0.15, 0.2) is 5.78 Å². The fourth-order valence-electron chi connectivity index (χ4n) is 7.48. The quantitative estimate of drug-likeness (QED) is 0.235. The number of anilines is 2. The van der Waals surface area contributed by atoms with Crippen LogP contribution in [-0.2, 0) is 15.0 Å². The maximum atomic E-state index is 14.8. The number of amides is 2. The molecule has 2 fully saturated rings. The van der Waals surface area contributed by atoms with Crippen LogP contribution in [0.25, 0.3) is 0 Å². The number of Topliss-reactive ketones (excluding diaryl/α,β-unsaturated/α-hetero) is 1. The largest absolute Gasteiger partial charge is 0.497 e. The molecule has 0 aliphatic carbocycles. The molecule has 0 saturated carbocycles. The molecule has 4 aromatic rings. The number of rotatable bonds is 6. The standard InChI is InChI=1S/C35H30ClN3O4/c1-38-20-35(26-10-6-7-11-27(26)37-34(35)42)29(32(40)22-12-14-23(36)15-13-22)31(38)30-28(21-8-4-3-5-9-21)33(41)39(30)24-16-18-25(43-2)19-17-24/h3-19,28-31H,20H2,1-2H3,(H,37,42)/t28-,29-,30-,31-,35+/m0/s1. The van der Waals surface area contributed by atoms with Gasteiger partial charge in [0.05, 0.1) is 25.0 Å². The van der Waals surface area contributed by atoms with Crippen molar-refractivity contribution in [2.75, 3.05) is 30.9 Å². The number of likely N-dealkylation sites (tertiary alicyclic amines) is 1. The first-order chi connectivity index (χ1) is 20.8. The predicted molar refractivity (Wildman–Crippen MR) is 166 cm³/mol. The molecule has 5 atom stereocenters. The van der Waals surface area contributed by atoms with Crippen LogP contribution in [0.1, 0.15) is 27.4 Å². The van der Waals surface area contributed by atoms with E-state index in [-0.39, 0.29) is 17.6 Å². The summed E-state index contributed by atoms with van der Waals surface area (Å²) in [4.78, 5) is 46.8. The Bertz CT molecular complexity index is 1730. The Balaban J connectivity index is 1.42. The smallest absolute Gasteiger partial charge is 0.237 e. The van der Waals surface area contributed by atoms with Gasteiger partial charge in [-0.15, -0.1) is 0 Å². The Morgan fingerprint density at radius 1 is 0.884 bits per heavy atom. The molecule has 0 unspecified atom stereocenters. The SMILES string of the molecule is COc1ccc(N2C(=O)[C@@H](c3ccccc3)[C@H]2[C@@H]2[C@@H](C(=O)c3ccc(Cl)cc3)[C@]3(CN2C)C(=O)Nc2ccccc23)cc1. The highest BCUT2D eigenvalue weighted by molar-refractivity contribution is 6.30. The minimum Gasteiger partial charge on any atom is -0.497 e. The zero-order valence-corrected chi connectivity index (χ0v) is 24.5. The van der Waals surface area contributed by atoms with Crippen molar-refractivity contribution in [3.63, 3.8) is 0 Å². The molecular formula is C35H30ClN3O4. The van der Waals surface area contributed by atoms with Crippen LogP contribution in [0, 0.1) is 5.92 Å². The van der Waals surface area contributed by atoms with E-state index in [2.05, 4.69) is 10.2 Å². The van der Waals surface area contributed by atoms with Crippen molar-refractivity contribution in [1.29, 1.82) is 0 Å². The van der Waals surface area contributed by atoms with Gasteiger partial charge < -0.3 is 15.0 Å². The molecule has 1 N–H and O–H groups in total. The third-order valence-electron chi connectivity index (χ3n) is 9.35. The molecule has 0 aromatic heterocycles. The van der Waals surface area contributed by atoms with Crippen molar-refractivity contribution in [2.24, 2.45) is 5.92 Å². The summed E-state index contributed by atoms with van der Waals surface area (Å²) < 4.78 is 5.37. The molecule has 2 amide bonds. The molecule has 43 heavy (non-hydrogen) atoms. The molecule has 8 heteroatoms. The molecule has 3 heterocycles. The molecule has 216 valence electrons. The molecule has 3 aliphatic rings. The molecule has 3 aliphatic heterocycles. The number of nitrogens with zero attached hydrogens (tertiary/aromatic N) is 2. The lowest BCUT2D eigenvalue weighted by Gasteiger charge is -2.52. The molecule has 7 nitrogen and oxygen atoms in total. The lowest BCUT2D eigenvalue weighted by atomic mass is 9.64. The molecule has 1 spiro atoms. The van der Waals surface area contributed by atoms with E-state index in [0.29, 0.717) is 34.3 Å². The van der Waals surface area contributed by atoms with Crippen molar-refractivity contribution in [2.45, 2.75) is 23.4 Å². The summed E-state index contributed by atoms with van der Waals surface area (Å²) in [7, 11) is 3.55. The van der Waals surface area contributed by atoms with Crippen LogP contribution in [0.15, 0.2) is 103 Å². The molecule has 7 rings (SSSR count). The molecule has 0 radical (unpaired) electrons. The Kier molecular flexibility index (Phi) is 6.60. The minimum absolute atomic E-state index is 0.0512. The topological polar surface area (TPSA) is 79.0 Å². The van der Waals surface area contributed by atoms with Gasteiger partial charge in [0.25, 0.3) is 0 Å². The van der Waals surface area contributed by atoms with Crippen LogP contribution in [0.5, 0.6) is 5.75 Å². The van der Waals surface area contributed by atoms with Crippen LogP contribution in [0.3, 0.4) is 0 Å². The van der Waals surface area contributed by atoms with Crippen LogP contribution in [-0.4, -0.2) is 55.3 Å². The average molecular weight is 592 g/mol. The van der Waals surface area contributed by atoms with Gasteiger partial charge >= 0.3 is 0 Å². The second-order valence-electron chi connectivity index (χ2n) is 11.5. The summed E-state index contributed by atoms with van der Waals surface area (Å²) in [6, 6.07) is 30.6. The second-order valence-corrected chi connectivity index (χ2v) is 11.9. The van der Waals surface area contributed by atoms with Crippen LogP contribution >= 0.6 is 11.6 Å². The number of halogens is 1. The zero-order chi connectivity index (χ0) is 29.9. The number of benzene rings is 4. The van der Waals surface area contributed by atoms with E-state index in [1.165, 1.54) is 0 Å². The van der Waals surface area contributed by atoms with Gasteiger partial charge in [0.1, 0.15) is 11.2 Å². The number of fused-ring (bicyclic) bond motifs is 2. The number of methoxy groups -OCH3 is 1.